The van der Waals surface area contributed by atoms with Crippen molar-refractivity contribution in [3.05, 3.63) is 34.9 Å². The molecule has 0 aliphatic heterocycles. The molecule has 1 unspecified atom stereocenters. The Morgan fingerprint density at radius 1 is 1.29 bits per heavy atom. The van der Waals surface area contributed by atoms with Crippen LogP contribution in [-0.2, 0) is 11.2 Å². The van der Waals surface area contributed by atoms with Crippen LogP contribution in [-0.4, -0.2) is 18.0 Å². The Hall–Kier alpha value is -1.06. The van der Waals surface area contributed by atoms with E-state index in [4.69, 9.17) is 5.73 Å². The number of nitrogens with one attached hydrogen (secondary N) is 1. The fraction of sp³-hybridized carbons (Fsp3) is 0.588. The molecule has 0 radical (unpaired) electrons. The highest BCUT2D eigenvalue weighted by Crippen LogP contribution is 2.18. The Bertz CT molecular complexity index is 480. The van der Waals surface area contributed by atoms with E-state index in [9.17, 15) is 4.79 Å². The molecule has 2 atom stereocenters. The molecular weight excluding hydrogens is 284 g/mol. The van der Waals surface area contributed by atoms with E-state index in [2.05, 4.69) is 37.4 Å². The lowest BCUT2D eigenvalue weighted by molar-refractivity contribution is -0.125. The van der Waals surface area contributed by atoms with Gasteiger partial charge in [-0.1, -0.05) is 44.5 Å². The van der Waals surface area contributed by atoms with Gasteiger partial charge in [-0.25, -0.2) is 0 Å². The van der Waals surface area contributed by atoms with E-state index in [0.717, 1.165) is 6.42 Å². The molecule has 4 heteroatoms. The largest absolute Gasteiger partial charge is 0.352 e. The number of carbonyl (C=O) groups is 1. The van der Waals surface area contributed by atoms with Crippen molar-refractivity contribution in [2.45, 2.75) is 60.0 Å². The van der Waals surface area contributed by atoms with Crippen molar-refractivity contribution in [3.8, 4) is 0 Å². The molecule has 21 heavy (non-hydrogen) atoms. The van der Waals surface area contributed by atoms with Crippen LogP contribution in [0.15, 0.2) is 18.2 Å². The molecule has 0 saturated heterocycles. The summed E-state index contributed by atoms with van der Waals surface area (Å²) in [5.41, 5.74) is 9.56. The molecule has 0 bridgehead atoms. The number of benzene rings is 1. The summed E-state index contributed by atoms with van der Waals surface area (Å²) < 4.78 is 0. The van der Waals surface area contributed by atoms with Gasteiger partial charge in [-0.3, -0.25) is 4.79 Å². The number of halogens is 1. The predicted molar refractivity (Wildman–Crippen MR) is 91.9 cm³/mol. The van der Waals surface area contributed by atoms with Gasteiger partial charge in [0, 0.05) is 6.04 Å². The van der Waals surface area contributed by atoms with Gasteiger partial charge >= 0.3 is 0 Å². The molecule has 0 spiro atoms. The number of aryl methyl sites for hydroxylation is 2. The molecule has 1 aromatic rings. The van der Waals surface area contributed by atoms with Crippen molar-refractivity contribution in [1.29, 1.82) is 0 Å². The smallest absolute Gasteiger partial charge is 0.237 e. The van der Waals surface area contributed by atoms with Gasteiger partial charge in [-0.15, -0.1) is 12.4 Å². The molecule has 0 fully saturated rings. The number of amides is 1. The summed E-state index contributed by atoms with van der Waals surface area (Å²) in [5.74, 6) is -0.0743. The fourth-order valence-electron chi connectivity index (χ4n) is 2.18. The third kappa shape index (κ3) is 6.06. The van der Waals surface area contributed by atoms with Gasteiger partial charge in [0.15, 0.2) is 0 Å². The van der Waals surface area contributed by atoms with E-state index >= 15 is 0 Å². The van der Waals surface area contributed by atoms with Gasteiger partial charge in [-0.2, -0.15) is 0 Å². The van der Waals surface area contributed by atoms with E-state index < -0.39 is 6.04 Å². The molecule has 1 rings (SSSR count). The van der Waals surface area contributed by atoms with Gasteiger partial charge in [0.2, 0.25) is 5.91 Å². The normalized spacial score (nSPS) is 14.0. The third-order valence-electron chi connectivity index (χ3n) is 3.63. The second-order valence-electron chi connectivity index (χ2n) is 6.89. The minimum atomic E-state index is -0.482. The zero-order chi connectivity index (χ0) is 15.5. The quantitative estimate of drug-likeness (QED) is 0.897. The summed E-state index contributed by atoms with van der Waals surface area (Å²) >= 11 is 0. The van der Waals surface area contributed by atoms with Crippen LogP contribution in [0.4, 0.5) is 0 Å². The van der Waals surface area contributed by atoms with Crippen molar-refractivity contribution in [2.75, 3.05) is 0 Å². The van der Waals surface area contributed by atoms with E-state index in [1.807, 2.05) is 27.7 Å². The first-order valence-electron chi connectivity index (χ1n) is 7.23. The standard InChI is InChI=1S/C17H28N2O.ClH/c1-11-7-8-14(12(2)9-11)10-13(3)19-16(20)15(18)17(4,5)6;/h7-9,13,15H,10,18H2,1-6H3,(H,19,20);1H/t13?,15-;/m1./s1. The zero-order valence-electron chi connectivity index (χ0n) is 14.0. The van der Waals surface area contributed by atoms with Crippen LogP contribution < -0.4 is 11.1 Å². The molecule has 3 nitrogen and oxygen atoms in total. The maximum absolute atomic E-state index is 12.1. The number of rotatable bonds is 4. The van der Waals surface area contributed by atoms with Crippen LogP contribution in [0.25, 0.3) is 0 Å². The molecule has 0 heterocycles. The number of carbonyl (C=O) groups excluding carboxylic acids is 1. The molecule has 3 N–H and O–H groups in total. The summed E-state index contributed by atoms with van der Waals surface area (Å²) in [6.07, 6.45) is 0.828. The second-order valence-corrected chi connectivity index (χ2v) is 6.89. The summed E-state index contributed by atoms with van der Waals surface area (Å²) in [6, 6.07) is 6.01. The van der Waals surface area contributed by atoms with Crippen LogP contribution in [0.3, 0.4) is 0 Å². The van der Waals surface area contributed by atoms with Crippen molar-refractivity contribution in [3.63, 3.8) is 0 Å². The van der Waals surface area contributed by atoms with Gasteiger partial charge in [0.05, 0.1) is 6.04 Å². The van der Waals surface area contributed by atoms with Crippen molar-refractivity contribution in [2.24, 2.45) is 11.1 Å². The molecular formula is C17H29ClN2O. The highest BCUT2D eigenvalue weighted by molar-refractivity contribution is 5.85. The Kier molecular flexibility index (Phi) is 7.41. The fourth-order valence-corrected chi connectivity index (χ4v) is 2.18. The van der Waals surface area contributed by atoms with Crippen LogP contribution in [0.2, 0.25) is 0 Å². The third-order valence-corrected chi connectivity index (χ3v) is 3.63. The zero-order valence-corrected chi connectivity index (χ0v) is 14.8. The predicted octanol–water partition coefficient (Wildman–Crippen LogP) is 3.15. The minimum absolute atomic E-state index is 0. The molecule has 1 aromatic carbocycles. The number of hydrogen-bond donors (Lipinski definition) is 2. The molecule has 0 aromatic heterocycles. The number of nitrogens with two attached hydrogens (primary N) is 1. The number of hydrogen-bond acceptors (Lipinski definition) is 2. The topological polar surface area (TPSA) is 55.1 Å². The maximum Gasteiger partial charge on any atom is 0.237 e. The van der Waals surface area contributed by atoms with Crippen molar-refractivity contribution < 1.29 is 4.79 Å². The molecule has 0 saturated carbocycles. The molecule has 1 amide bonds. The SMILES string of the molecule is Cc1ccc(CC(C)NC(=O)[C@@H](N)C(C)(C)C)c(C)c1.Cl. The van der Waals surface area contributed by atoms with E-state index in [0.29, 0.717) is 0 Å². The Balaban J connectivity index is 0.00000400. The molecule has 0 aliphatic rings. The van der Waals surface area contributed by atoms with Crippen LogP contribution >= 0.6 is 12.4 Å². The summed E-state index contributed by atoms with van der Waals surface area (Å²) in [7, 11) is 0. The lowest BCUT2D eigenvalue weighted by Crippen LogP contribution is -2.51. The summed E-state index contributed by atoms with van der Waals surface area (Å²) in [5, 5.41) is 3.01. The minimum Gasteiger partial charge on any atom is -0.352 e. The van der Waals surface area contributed by atoms with Crippen LogP contribution in [0.1, 0.15) is 44.4 Å². The summed E-state index contributed by atoms with van der Waals surface area (Å²) in [6.45, 7) is 12.2. The Morgan fingerprint density at radius 2 is 1.86 bits per heavy atom. The Labute approximate surface area is 135 Å². The van der Waals surface area contributed by atoms with Crippen molar-refractivity contribution in [1.82, 2.24) is 5.32 Å². The maximum atomic E-state index is 12.1. The van der Waals surface area contributed by atoms with Gasteiger partial charge in [0.25, 0.3) is 0 Å². The van der Waals surface area contributed by atoms with Crippen LogP contribution in [0.5, 0.6) is 0 Å². The lowest BCUT2D eigenvalue weighted by Gasteiger charge is -2.27. The first-order chi connectivity index (χ1) is 9.11. The summed E-state index contributed by atoms with van der Waals surface area (Å²) in [4.78, 5) is 12.1. The van der Waals surface area contributed by atoms with Crippen molar-refractivity contribution >= 4 is 18.3 Å². The van der Waals surface area contributed by atoms with Crippen LogP contribution in [0, 0.1) is 19.3 Å². The van der Waals surface area contributed by atoms with Gasteiger partial charge in [0.1, 0.15) is 0 Å². The first kappa shape index (κ1) is 19.9. The van der Waals surface area contributed by atoms with Gasteiger partial charge in [-0.05, 0) is 43.7 Å². The molecule has 120 valence electrons. The van der Waals surface area contributed by atoms with Gasteiger partial charge < -0.3 is 11.1 Å². The average Bonchev–Trinajstić information content (AvgIpc) is 2.30. The van der Waals surface area contributed by atoms with E-state index in [1.54, 1.807) is 0 Å². The average molecular weight is 313 g/mol. The molecule has 0 aliphatic carbocycles. The first-order valence-corrected chi connectivity index (χ1v) is 7.23. The monoisotopic (exact) mass is 312 g/mol. The van der Waals surface area contributed by atoms with E-state index in [1.165, 1.54) is 16.7 Å². The Morgan fingerprint density at radius 3 is 2.33 bits per heavy atom. The lowest BCUT2D eigenvalue weighted by atomic mass is 9.86. The highest BCUT2D eigenvalue weighted by Gasteiger charge is 2.28. The highest BCUT2D eigenvalue weighted by atomic mass is 35.5. The van der Waals surface area contributed by atoms with E-state index in [-0.39, 0.29) is 29.8 Å². The second kappa shape index (κ2) is 7.81.